The maximum Gasteiger partial charge on any atom is 0.271 e. The molecule has 0 bridgehead atoms. The number of rotatable bonds is 9. The molecule has 0 fully saturated rings. The molecule has 1 amide bonds. The van der Waals surface area contributed by atoms with Gasteiger partial charge >= 0.3 is 0 Å². The summed E-state index contributed by atoms with van der Waals surface area (Å²) in [6.45, 7) is 6.19. The van der Waals surface area contributed by atoms with E-state index in [4.69, 9.17) is 11.6 Å². The summed E-state index contributed by atoms with van der Waals surface area (Å²) in [5, 5.41) is 10.8. The fourth-order valence-corrected chi connectivity index (χ4v) is 4.37. The van der Waals surface area contributed by atoms with Gasteiger partial charge < -0.3 is 10.2 Å². The Labute approximate surface area is 214 Å². The maximum absolute atomic E-state index is 12.5. The zero-order valence-corrected chi connectivity index (χ0v) is 21.1. The maximum atomic E-state index is 12.5. The molecule has 0 saturated heterocycles. The largest absolute Gasteiger partial charge is 0.372 e. The van der Waals surface area contributed by atoms with Crippen LogP contribution in [-0.2, 0) is 0 Å². The van der Waals surface area contributed by atoms with Crippen molar-refractivity contribution in [3.05, 3.63) is 94.3 Å². The number of thiazole rings is 1. The van der Waals surface area contributed by atoms with E-state index in [0.717, 1.165) is 40.7 Å². The van der Waals surface area contributed by atoms with Crippen LogP contribution in [0, 0.1) is 0 Å². The average Bonchev–Trinajstić information content (AvgIpc) is 3.35. The van der Waals surface area contributed by atoms with Crippen LogP contribution >= 0.6 is 22.9 Å². The number of carbonyl (C=O) groups excluding carboxylic acids is 1. The summed E-state index contributed by atoms with van der Waals surface area (Å²) in [5.74, 6) is -0.268. The van der Waals surface area contributed by atoms with Crippen LogP contribution in [0.4, 0.5) is 16.5 Å². The Kier molecular flexibility index (Phi) is 8.13. The number of carbonyl (C=O) groups is 1. The molecule has 1 heterocycles. The van der Waals surface area contributed by atoms with Gasteiger partial charge in [-0.15, -0.1) is 11.3 Å². The zero-order chi connectivity index (χ0) is 24.6. The number of aromatic nitrogens is 1. The minimum absolute atomic E-state index is 0.268. The number of hydrazone groups is 1. The molecule has 178 valence electrons. The van der Waals surface area contributed by atoms with Gasteiger partial charge in [-0.1, -0.05) is 35.9 Å². The van der Waals surface area contributed by atoms with Gasteiger partial charge in [-0.3, -0.25) is 4.79 Å². The molecule has 0 aliphatic heterocycles. The molecule has 6 nitrogen and oxygen atoms in total. The summed E-state index contributed by atoms with van der Waals surface area (Å²) in [6.07, 6.45) is 1.64. The second-order valence-electron chi connectivity index (χ2n) is 7.71. The number of nitrogens with one attached hydrogen (secondary N) is 2. The second-order valence-corrected chi connectivity index (χ2v) is 9.00. The molecular weight excluding hydrogens is 478 g/mol. The molecule has 0 saturated carbocycles. The fraction of sp³-hybridized carbons (Fsp3) is 0.148. The van der Waals surface area contributed by atoms with E-state index in [-0.39, 0.29) is 5.91 Å². The Morgan fingerprint density at radius 1 is 1.00 bits per heavy atom. The van der Waals surface area contributed by atoms with Gasteiger partial charge in [0.1, 0.15) is 0 Å². The lowest BCUT2D eigenvalue weighted by molar-refractivity contribution is 0.0955. The van der Waals surface area contributed by atoms with E-state index in [2.05, 4.69) is 51.7 Å². The Morgan fingerprint density at radius 3 is 2.34 bits per heavy atom. The summed E-state index contributed by atoms with van der Waals surface area (Å²) in [5.41, 5.74) is 7.89. The molecule has 4 aromatic rings. The number of anilines is 3. The molecule has 0 aliphatic rings. The molecule has 0 atom stereocenters. The Bertz CT molecular complexity index is 1280. The van der Waals surface area contributed by atoms with Crippen molar-refractivity contribution in [2.24, 2.45) is 5.10 Å². The molecule has 0 aliphatic carbocycles. The molecule has 8 heteroatoms. The van der Waals surface area contributed by atoms with Crippen LogP contribution in [-0.4, -0.2) is 30.2 Å². The quantitative estimate of drug-likeness (QED) is 0.194. The van der Waals surface area contributed by atoms with Crippen molar-refractivity contribution in [1.29, 1.82) is 0 Å². The number of amides is 1. The van der Waals surface area contributed by atoms with Gasteiger partial charge in [0.05, 0.1) is 11.9 Å². The lowest BCUT2D eigenvalue weighted by Crippen LogP contribution is -2.21. The van der Waals surface area contributed by atoms with Crippen LogP contribution in [0.1, 0.15) is 29.8 Å². The highest BCUT2D eigenvalue weighted by atomic mass is 35.5. The third-order valence-corrected chi connectivity index (χ3v) is 6.45. The first kappa shape index (κ1) is 24.4. The van der Waals surface area contributed by atoms with Gasteiger partial charge in [-0.2, -0.15) is 5.10 Å². The lowest BCUT2D eigenvalue weighted by Gasteiger charge is -2.20. The summed E-state index contributed by atoms with van der Waals surface area (Å²) in [4.78, 5) is 19.4. The standard InChI is InChI=1S/C27H26ClN5OS/c1-3-33(4-2)24-15-5-19(6-16-24)17-29-32-26(34)21-9-7-20(8-10-21)25-18-35-27(31-25)30-23-13-11-22(28)12-14-23/h5-18H,3-4H2,1-2H3,(H,30,31)(H,32,34)/b29-17-. The first-order valence-electron chi connectivity index (χ1n) is 11.3. The van der Waals surface area contributed by atoms with Crippen molar-refractivity contribution in [2.45, 2.75) is 13.8 Å². The van der Waals surface area contributed by atoms with Gasteiger partial charge in [-0.25, -0.2) is 10.4 Å². The third-order valence-electron chi connectivity index (χ3n) is 5.44. The van der Waals surface area contributed by atoms with Crippen molar-refractivity contribution in [2.75, 3.05) is 23.3 Å². The second kappa shape index (κ2) is 11.6. The van der Waals surface area contributed by atoms with Crippen LogP contribution < -0.4 is 15.6 Å². The Balaban J connectivity index is 1.33. The number of halogens is 1. The van der Waals surface area contributed by atoms with Crippen LogP contribution in [0.5, 0.6) is 0 Å². The highest BCUT2D eigenvalue weighted by Crippen LogP contribution is 2.28. The molecule has 4 rings (SSSR count). The van der Waals surface area contributed by atoms with Crippen LogP contribution in [0.3, 0.4) is 0 Å². The van der Waals surface area contributed by atoms with Crippen molar-refractivity contribution >= 4 is 51.6 Å². The molecule has 2 N–H and O–H groups in total. The molecule has 0 unspecified atom stereocenters. The van der Waals surface area contributed by atoms with E-state index >= 15 is 0 Å². The first-order valence-corrected chi connectivity index (χ1v) is 12.6. The van der Waals surface area contributed by atoms with Gasteiger partial charge in [-0.05, 0) is 67.9 Å². The summed E-state index contributed by atoms with van der Waals surface area (Å²) in [6, 6.07) is 22.9. The van der Waals surface area contributed by atoms with E-state index in [1.165, 1.54) is 17.0 Å². The highest BCUT2D eigenvalue weighted by Gasteiger charge is 2.08. The van der Waals surface area contributed by atoms with E-state index < -0.39 is 0 Å². The predicted molar refractivity (Wildman–Crippen MR) is 147 cm³/mol. The van der Waals surface area contributed by atoms with E-state index in [1.807, 2.05) is 53.9 Å². The van der Waals surface area contributed by atoms with Gasteiger partial charge in [0.25, 0.3) is 5.91 Å². The van der Waals surface area contributed by atoms with Crippen LogP contribution in [0.25, 0.3) is 11.3 Å². The minimum Gasteiger partial charge on any atom is -0.372 e. The van der Waals surface area contributed by atoms with E-state index in [0.29, 0.717) is 10.6 Å². The molecule has 1 aromatic heterocycles. The third kappa shape index (κ3) is 6.47. The predicted octanol–water partition coefficient (Wildman–Crippen LogP) is 6.82. The first-order chi connectivity index (χ1) is 17.1. The highest BCUT2D eigenvalue weighted by molar-refractivity contribution is 7.14. The molecule has 3 aromatic carbocycles. The van der Waals surface area contributed by atoms with Crippen LogP contribution in [0.15, 0.2) is 83.3 Å². The Hall–Kier alpha value is -3.68. The van der Waals surface area contributed by atoms with Gasteiger partial charge in [0.2, 0.25) is 0 Å². The lowest BCUT2D eigenvalue weighted by atomic mass is 10.1. The molecule has 0 radical (unpaired) electrons. The normalized spacial score (nSPS) is 10.9. The topological polar surface area (TPSA) is 69.6 Å². The van der Waals surface area contributed by atoms with Crippen molar-refractivity contribution < 1.29 is 4.79 Å². The van der Waals surface area contributed by atoms with E-state index in [1.54, 1.807) is 18.3 Å². The number of hydrogen-bond acceptors (Lipinski definition) is 6. The molecule has 0 spiro atoms. The van der Waals surface area contributed by atoms with Crippen LogP contribution in [0.2, 0.25) is 5.02 Å². The van der Waals surface area contributed by atoms with Crippen molar-refractivity contribution in [3.8, 4) is 11.3 Å². The SMILES string of the molecule is CCN(CC)c1ccc(/C=N\NC(=O)c2ccc(-c3csc(Nc4ccc(Cl)cc4)n3)cc2)cc1. The number of nitrogens with zero attached hydrogens (tertiary/aromatic N) is 3. The van der Waals surface area contributed by atoms with Gasteiger partial charge in [0, 0.05) is 46.0 Å². The molecule has 35 heavy (non-hydrogen) atoms. The number of benzene rings is 3. The van der Waals surface area contributed by atoms with Crippen molar-refractivity contribution in [3.63, 3.8) is 0 Å². The van der Waals surface area contributed by atoms with Crippen molar-refractivity contribution in [1.82, 2.24) is 10.4 Å². The summed E-state index contributed by atoms with van der Waals surface area (Å²) < 4.78 is 0. The average molecular weight is 504 g/mol. The Morgan fingerprint density at radius 2 is 1.69 bits per heavy atom. The summed E-state index contributed by atoms with van der Waals surface area (Å²) >= 11 is 7.45. The fourth-order valence-electron chi connectivity index (χ4n) is 3.50. The zero-order valence-electron chi connectivity index (χ0n) is 19.5. The monoisotopic (exact) mass is 503 g/mol. The molecular formula is C27H26ClN5OS. The number of hydrogen-bond donors (Lipinski definition) is 2. The minimum atomic E-state index is -0.268. The summed E-state index contributed by atoms with van der Waals surface area (Å²) in [7, 11) is 0. The van der Waals surface area contributed by atoms with Gasteiger partial charge in [0.15, 0.2) is 5.13 Å². The smallest absolute Gasteiger partial charge is 0.271 e. The van der Waals surface area contributed by atoms with E-state index in [9.17, 15) is 4.79 Å².